The average Bonchev–Trinajstić information content (AvgIpc) is 2.12. The number of carbonyl (C=O) groups is 4. The Kier molecular flexibility index (Phi) is 3.61. The fourth-order valence-corrected chi connectivity index (χ4v) is 0.371. The summed E-state index contributed by atoms with van der Waals surface area (Å²) in [5.74, 6) is -5.84. The largest absolute Gasteiger partial charge is 0.463 e. The lowest BCUT2D eigenvalue weighted by Gasteiger charge is -1.95. The molecule has 0 aromatic carbocycles. The van der Waals surface area contributed by atoms with Gasteiger partial charge in [0.25, 0.3) is 0 Å². The highest BCUT2D eigenvalue weighted by Crippen LogP contribution is 1.84. The molecule has 0 aliphatic rings. The summed E-state index contributed by atoms with van der Waals surface area (Å²) in [6.45, 7) is 0. The maximum Gasteiger partial charge on any atom is 0.383 e. The molecule has 0 aromatic rings. The minimum Gasteiger partial charge on any atom is -0.463 e. The van der Waals surface area contributed by atoms with Crippen LogP contribution in [-0.2, 0) is 28.7 Å². The Morgan fingerprint density at radius 2 is 1.00 bits per heavy atom. The zero-order chi connectivity index (χ0) is 9.72. The molecule has 66 valence electrons. The van der Waals surface area contributed by atoms with E-state index >= 15 is 0 Å². The average molecular weight is 174 g/mol. The van der Waals surface area contributed by atoms with Crippen LogP contribution >= 0.6 is 0 Å². The minimum atomic E-state index is -1.54. The Morgan fingerprint density at radius 1 is 0.750 bits per heavy atom. The van der Waals surface area contributed by atoms with Crippen molar-refractivity contribution in [1.29, 1.82) is 0 Å². The number of methoxy groups -OCH3 is 2. The number of ether oxygens (including phenoxy) is 2. The molecular weight excluding hydrogens is 168 g/mol. The molecule has 0 amide bonds. The number of ketones is 2. The van der Waals surface area contributed by atoms with E-state index in [4.69, 9.17) is 0 Å². The second-order valence-corrected chi connectivity index (χ2v) is 1.64. The molecule has 0 atom stereocenters. The Bertz CT molecular complexity index is 214. The molecule has 0 unspecified atom stereocenters. The Labute approximate surface area is 67.4 Å². The van der Waals surface area contributed by atoms with Gasteiger partial charge in [-0.1, -0.05) is 0 Å². The summed E-state index contributed by atoms with van der Waals surface area (Å²) in [4.78, 5) is 41.8. The predicted octanol–water partition coefficient (Wildman–Crippen LogP) is -1.53. The van der Waals surface area contributed by atoms with Gasteiger partial charge in [-0.2, -0.15) is 0 Å². The van der Waals surface area contributed by atoms with Gasteiger partial charge < -0.3 is 9.47 Å². The second kappa shape index (κ2) is 4.22. The number of rotatable bonds is 3. The summed E-state index contributed by atoms with van der Waals surface area (Å²) in [6.07, 6.45) is 0. The van der Waals surface area contributed by atoms with E-state index in [1.165, 1.54) is 0 Å². The highest BCUT2D eigenvalue weighted by Gasteiger charge is 2.30. The summed E-state index contributed by atoms with van der Waals surface area (Å²) in [6, 6.07) is 0. The lowest BCUT2D eigenvalue weighted by Crippen LogP contribution is -2.31. The van der Waals surface area contributed by atoms with E-state index < -0.39 is 23.5 Å². The normalized spacial score (nSPS) is 8.50. The van der Waals surface area contributed by atoms with Crippen LogP contribution < -0.4 is 0 Å². The van der Waals surface area contributed by atoms with Gasteiger partial charge >= 0.3 is 23.5 Å². The molecule has 12 heavy (non-hydrogen) atoms. The molecule has 6 nitrogen and oxygen atoms in total. The van der Waals surface area contributed by atoms with Crippen molar-refractivity contribution >= 4 is 23.5 Å². The van der Waals surface area contributed by atoms with Crippen LogP contribution in [0.15, 0.2) is 0 Å². The van der Waals surface area contributed by atoms with E-state index in [1.807, 2.05) is 0 Å². The molecule has 0 rings (SSSR count). The zero-order valence-electron chi connectivity index (χ0n) is 6.45. The highest BCUT2D eigenvalue weighted by atomic mass is 16.5. The van der Waals surface area contributed by atoms with Crippen molar-refractivity contribution in [1.82, 2.24) is 0 Å². The lowest BCUT2D eigenvalue weighted by atomic mass is 10.3. The molecular formula is C6H6O6. The number of Topliss-reactive ketones (excluding diaryl/α,β-unsaturated/α-hetero) is 2. The van der Waals surface area contributed by atoms with Gasteiger partial charge in [0.15, 0.2) is 0 Å². The maximum atomic E-state index is 10.5. The van der Waals surface area contributed by atoms with E-state index in [0.29, 0.717) is 0 Å². The number of carbonyl (C=O) groups excluding carboxylic acids is 4. The van der Waals surface area contributed by atoms with Crippen molar-refractivity contribution in [3.05, 3.63) is 0 Å². The molecule has 0 saturated heterocycles. The fourth-order valence-electron chi connectivity index (χ4n) is 0.371. The zero-order valence-corrected chi connectivity index (χ0v) is 6.45. The topological polar surface area (TPSA) is 86.7 Å². The second-order valence-electron chi connectivity index (χ2n) is 1.64. The van der Waals surface area contributed by atoms with Crippen LogP contribution in [0.4, 0.5) is 0 Å². The molecule has 0 heterocycles. The highest BCUT2D eigenvalue weighted by molar-refractivity contribution is 6.76. The summed E-state index contributed by atoms with van der Waals surface area (Å²) >= 11 is 0. The van der Waals surface area contributed by atoms with Crippen LogP contribution in [-0.4, -0.2) is 37.7 Å². The number of hydrogen-bond donors (Lipinski definition) is 0. The van der Waals surface area contributed by atoms with Crippen molar-refractivity contribution in [2.24, 2.45) is 0 Å². The first-order valence-electron chi connectivity index (χ1n) is 2.79. The third kappa shape index (κ3) is 2.15. The monoisotopic (exact) mass is 174 g/mol. The molecule has 0 aliphatic heterocycles. The third-order valence-corrected chi connectivity index (χ3v) is 0.948. The van der Waals surface area contributed by atoms with E-state index in [0.717, 1.165) is 14.2 Å². The van der Waals surface area contributed by atoms with Gasteiger partial charge in [-0.05, 0) is 0 Å². The van der Waals surface area contributed by atoms with Gasteiger partial charge in [-0.25, -0.2) is 9.59 Å². The molecule has 0 spiro atoms. The molecule has 6 heteroatoms. The van der Waals surface area contributed by atoms with Crippen molar-refractivity contribution in [3.8, 4) is 0 Å². The van der Waals surface area contributed by atoms with Crippen molar-refractivity contribution in [2.75, 3.05) is 14.2 Å². The van der Waals surface area contributed by atoms with Crippen molar-refractivity contribution < 1.29 is 28.7 Å². The van der Waals surface area contributed by atoms with Crippen LogP contribution in [0.1, 0.15) is 0 Å². The molecule has 0 aliphatic carbocycles. The molecule has 0 radical (unpaired) electrons. The Morgan fingerprint density at radius 3 is 1.17 bits per heavy atom. The van der Waals surface area contributed by atoms with Crippen LogP contribution in [0, 0.1) is 0 Å². The summed E-state index contributed by atoms with van der Waals surface area (Å²) in [5, 5.41) is 0. The van der Waals surface area contributed by atoms with Gasteiger partial charge in [0.1, 0.15) is 0 Å². The molecule has 0 saturated carbocycles. The Hall–Kier alpha value is -1.72. The van der Waals surface area contributed by atoms with Crippen molar-refractivity contribution in [2.45, 2.75) is 0 Å². The molecule has 0 bridgehead atoms. The van der Waals surface area contributed by atoms with Gasteiger partial charge in [-0.15, -0.1) is 0 Å². The van der Waals surface area contributed by atoms with Crippen LogP contribution in [0.3, 0.4) is 0 Å². The van der Waals surface area contributed by atoms with Gasteiger partial charge in [0, 0.05) is 0 Å². The van der Waals surface area contributed by atoms with E-state index in [-0.39, 0.29) is 0 Å². The molecule has 0 aromatic heterocycles. The first-order valence-corrected chi connectivity index (χ1v) is 2.79. The van der Waals surface area contributed by atoms with E-state index in [9.17, 15) is 19.2 Å². The van der Waals surface area contributed by atoms with E-state index in [1.54, 1.807) is 0 Å². The van der Waals surface area contributed by atoms with Crippen LogP contribution in [0.25, 0.3) is 0 Å². The van der Waals surface area contributed by atoms with E-state index in [2.05, 4.69) is 9.47 Å². The summed E-state index contributed by atoms with van der Waals surface area (Å²) in [7, 11) is 1.84. The first-order chi connectivity index (χ1) is 5.54. The van der Waals surface area contributed by atoms with Gasteiger partial charge in [0.05, 0.1) is 14.2 Å². The standard InChI is InChI=1S/C6H6O6/c1-11-5(9)3(7)4(8)6(10)12-2/h1-2H3. The third-order valence-electron chi connectivity index (χ3n) is 0.948. The van der Waals surface area contributed by atoms with Crippen LogP contribution in [0.2, 0.25) is 0 Å². The maximum absolute atomic E-state index is 10.5. The number of hydrogen-bond acceptors (Lipinski definition) is 6. The fraction of sp³-hybridized carbons (Fsp3) is 0.333. The summed E-state index contributed by atoms with van der Waals surface area (Å²) < 4.78 is 7.82. The lowest BCUT2D eigenvalue weighted by molar-refractivity contribution is -0.161. The SMILES string of the molecule is COC(=O)C(=O)C(=O)C(=O)OC. The number of esters is 2. The van der Waals surface area contributed by atoms with Gasteiger partial charge in [-0.3, -0.25) is 9.59 Å². The molecule has 0 N–H and O–H groups in total. The summed E-state index contributed by atoms with van der Waals surface area (Å²) in [5.41, 5.74) is 0. The first kappa shape index (κ1) is 10.3. The van der Waals surface area contributed by atoms with Crippen molar-refractivity contribution in [3.63, 3.8) is 0 Å². The molecule has 0 fully saturated rings. The Balaban J connectivity index is 4.41. The van der Waals surface area contributed by atoms with Crippen LogP contribution in [0.5, 0.6) is 0 Å². The van der Waals surface area contributed by atoms with Gasteiger partial charge in [0.2, 0.25) is 0 Å². The predicted molar refractivity (Wildman–Crippen MR) is 34.0 cm³/mol. The smallest absolute Gasteiger partial charge is 0.383 e. The quantitative estimate of drug-likeness (QED) is 0.293. The minimum absolute atomic E-state index is 0.921.